The van der Waals surface area contributed by atoms with Gasteiger partial charge < -0.3 is 9.84 Å². The summed E-state index contributed by atoms with van der Waals surface area (Å²) in [6.07, 6.45) is 0.486. The molecule has 2 atom stereocenters. The topological polar surface area (TPSA) is 63.6 Å². The molecule has 1 N–H and O–H groups in total. The van der Waals surface area contributed by atoms with E-state index in [-0.39, 0.29) is 0 Å². The lowest BCUT2D eigenvalue weighted by Crippen LogP contribution is -2.28. The average Bonchev–Trinajstić information content (AvgIpc) is 2.35. The minimum atomic E-state index is -1.03. The average molecular weight is 234 g/mol. The smallest absolute Gasteiger partial charge is 0.338 e. The van der Waals surface area contributed by atoms with Crippen molar-refractivity contribution in [3.63, 3.8) is 0 Å². The first-order valence-electron chi connectivity index (χ1n) is 5.17. The highest BCUT2D eigenvalue weighted by atomic mass is 16.5. The van der Waals surface area contributed by atoms with E-state index < -0.39 is 24.0 Å². The molecule has 17 heavy (non-hydrogen) atoms. The molecular formula is C13H14O4. The number of esters is 1. The van der Waals surface area contributed by atoms with Crippen LogP contribution in [-0.4, -0.2) is 23.1 Å². The highest BCUT2D eigenvalue weighted by Gasteiger charge is 2.24. The van der Waals surface area contributed by atoms with Crippen LogP contribution < -0.4 is 0 Å². The van der Waals surface area contributed by atoms with Crippen molar-refractivity contribution in [1.29, 1.82) is 0 Å². The van der Waals surface area contributed by atoms with Crippen LogP contribution in [0.2, 0.25) is 0 Å². The lowest BCUT2D eigenvalue weighted by atomic mass is 10.1. The van der Waals surface area contributed by atoms with Crippen LogP contribution in [0, 0.1) is 5.92 Å². The van der Waals surface area contributed by atoms with E-state index in [2.05, 4.69) is 6.58 Å². The molecule has 0 heterocycles. The van der Waals surface area contributed by atoms with Crippen LogP contribution in [0.1, 0.15) is 17.3 Å². The number of benzene rings is 1. The van der Waals surface area contributed by atoms with E-state index in [0.29, 0.717) is 5.56 Å². The van der Waals surface area contributed by atoms with E-state index in [9.17, 15) is 9.59 Å². The number of carboxylic acids is 1. The number of hydrogen-bond acceptors (Lipinski definition) is 3. The predicted octanol–water partition coefficient (Wildman–Crippen LogP) is 2.12. The number of aliphatic carboxylic acids is 1. The van der Waals surface area contributed by atoms with Gasteiger partial charge in [0.05, 0.1) is 11.5 Å². The van der Waals surface area contributed by atoms with Gasteiger partial charge in [-0.05, 0) is 19.1 Å². The van der Waals surface area contributed by atoms with Gasteiger partial charge in [0.2, 0.25) is 0 Å². The summed E-state index contributed by atoms with van der Waals surface area (Å²) in [7, 11) is 0. The molecule has 0 amide bonds. The molecule has 0 spiro atoms. The Morgan fingerprint density at radius 3 is 2.41 bits per heavy atom. The zero-order valence-electron chi connectivity index (χ0n) is 9.50. The van der Waals surface area contributed by atoms with Crippen molar-refractivity contribution in [1.82, 2.24) is 0 Å². The summed E-state index contributed by atoms with van der Waals surface area (Å²) in [6.45, 7) is 4.94. The number of ether oxygens (including phenoxy) is 1. The zero-order valence-corrected chi connectivity index (χ0v) is 9.50. The quantitative estimate of drug-likeness (QED) is 0.626. The van der Waals surface area contributed by atoms with Gasteiger partial charge >= 0.3 is 11.9 Å². The van der Waals surface area contributed by atoms with Gasteiger partial charge in [-0.2, -0.15) is 0 Å². The van der Waals surface area contributed by atoms with Gasteiger partial charge in [0, 0.05) is 0 Å². The Morgan fingerprint density at radius 2 is 1.94 bits per heavy atom. The van der Waals surface area contributed by atoms with E-state index in [1.54, 1.807) is 30.3 Å². The fourth-order valence-corrected chi connectivity index (χ4v) is 1.26. The molecule has 0 bridgehead atoms. The first-order valence-corrected chi connectivity index (χ1v) is 5.17. The van der Waals surface area contributed by atoms with Gasteiger partial charge in [0.25, 0.3) is 0 Å². The van der Waals surface area contributed by atoms with E-state index in [1.807, 2.05) is 0 Å². The molecule has 4 heteroatoms. The third-order valence-corrected chi connectivity index (χ3v) is 2.37. The number of carboxylic acid groups (broad SMARTS) is 1. The van der Waals surface area contributed by atoms with Crippen molar-refractivity contribution in [2.45, 2.75) is 13.0 Å². The Hall–Kier alpha value is -2.10. The monoisotopic (exact) mass is 234 g/mol. The van der Waals surface area contributed by atoms with Crippen molar-refractivity contribution in [2.75, 3.05) is 0 Å². The molecule has 0 aromatic heterocycles. The van der Waals surface area contributed by atoms with Crippen LogP contribution in [0.25, 0.3) is 0 Å². The minimum Gasteiger partial charge on any atom is -0.481 e. The third kappa shape index (κ3) is 3.45. The highest BCUT2D eigenvalue weighted by Crippen LogP contribution is 2.12. The van der Waals surface area contributed by atoms with Gasteiger partial charge in [-0.3, -0.25) is 4.79 Å². The first-order chi connectivity index (χ1) is 8.06. The van der Waals surface area contributed by atoms with E-state index in [4.69, 9.17) is 9.84 Å². The Morgan fingerprint density at radius 1 is 1.35 bits per heavy atom. The second-order valence-corrected chi connectivity index (χ2v) is 3.60. The Bertz CT molecular complexity index is 411. The maximum absolute atomic E-state index is 11.7. The van der Waals surface area contributed by atoms with Crippen molar-refractivity contribution in [3.8, 4) is 0 Å². The second kappa shape index (κ2) is 5.84. The van der Waals surface area contributed by atoms with Gasteiger partial charge in [-0.1, -0.05) is 30.9 Å². The van der Waals surface area contributed by atoms with E-state index in [0.717, 1.165) is 0 Å². The number of carbonyl (C=O) groups excluding carboxylic acids is 1. The van der Waals surface area contributed by atoms with Gasteiger partial charge in [-0.25, -0.2) is 4.79 Å². The van der Waals surface area contributed by atoms with Crippen molar-refractivity contribution < 1.29 is 19.4 Å². The lowest BCUT2D eigenvalue weighted by Gasteiger charge is -2.17. The van der Waals surface area contributed by atoms with Crippen LogP contribution in [0.15, 0.2) is 43.0 Å². The largest absolute Gasteiger partial charge is 0.481 e. The standard InChI is InChI=1S/C13H14O4/c1-3-11(9(2)12(14)15)17-13(16)10-7-5-4-6-8-10/h3-9,11H,1H2,2H3,(H,14,15)/t9-,11+/m1/s1. The molecule has 1 aromatic carbocycles. The fraction of sp³-hybridized carbons (Fsp3) is 0.231. The van der Waals surface area contributed by atoms with Crippen LogP contribution in [0.4, 0.5) is 0 Å². The molecule has 0 aliphatic heterocycles. The molecule has 1 aromatic rings. The Kier molecular flexibility index (Phi) is 4.46. The highest BCUT2D eigenvalue weighted by molar-refractivity contribution is 5.89. The molecule has 0 radical (unpaired) electrons. The zero-order chi connectivity index (χ0) is 12.8. The molecule has 0 saturated heterocycles. The summed E-state index contributed by atoms with van der Waals surface area (Å²) in [5.41, 5.74) is 0.386. The Balaban J connectivity index is 2.73. The molecule has 0 unspecified atom stereocenters. The molecule has 0 saturated carbocycles. The molecule has 4 nitrogen and oxygen atoms in total. The van der Waals surface area contributed by atoms with Gasteiger partial charge in [0.15, 0.2) is 0 Å². The maximum atomic E-state index is 11.7. The molecular weight excluding hydrogens is 220 g/mol. The summed E-state index contributed by atoms with van der Waals surface area (Å²) in [5, 5.41) is 8.83. The van der Waals surface area contributed by atoms with E-state index >= 15 is 0 Å². The third-order valence-electron chi connectivity index (χ3n) is 2.37. The van der Waals surface area contributed by atoms with Crippen LogP contribution in [0.5, 0.6) is 0 Å². The van der Waals surface area contributed by atoms with Crippen LogP contribution >= 0.6 is 0 Å². The van der Waals surface area contributed by atoms with Crippen LogP contribution in [0.3, 0.4) is 0 Å². The molecule has 0 aliphatic rings. The number of rotatable bonds is 5. The fourth-order valence-electron chi connectivity index (χ4n) is 1.26. The van der Waals surface area contributed by atoms with Crippen molar-refractivity contribution >= 4 is 11.9 Å². The van der Waals surface area contributed by atoms with E-state index in [1.165, 1.54) is 13.0 Å². The lowest BCUT2D eigenvalue weighted by molar-refractivity contribution is -0.143. The summed E-state index contributed by atoms with van der Waals surface area (Å²) in [6, 6.07) is 8.41. The predicted molar refractivity (Wildman–Crippen MR) is 62.6 cm³/mol. The summed E-state index contributed by atoms with van der Waals surface area (Å²) >= 11 is 0. The Labute approximate surface area is 99.5 Å². The van der Waals surface area contributed by atoms with Crippen molar-refractivity contribution in [2.24, 2.45) is 5.92 Å². The molecule has 0 fully saturated rings. The normalized spacial score (nSPS) is 13.5. The second-order valence-electron chi connectivity index (χ2n) is 3.60. The van der Waals surface area contributed by atoms with Crippen LogP contribution in [-0.2, 0) is 9.53 Å². The molecule has 1 rings (SSSR count). The molecule has 90 valence electrons. The minimum absolute atomic E-state index is 0.386. The van der Waals surface area contributed by atoms with Gasteiger partial charge in [0.1, 0.15) is 6.10 Å². The summed E-state index contributed by atoms with van der Waals surface area (Å²) in [4.78, 5) is 22.5. The SMILES string of the molecule is C=C[C@H](OC(=O)c1ccccc1)[C@@H](C)C(=O)O. The summed E-state index contributed by atoms with van der Waals surface area (Å²) < 4.78 is 5.07. The van der Waals surface area contributed by atoms with Crippen molar-refractivity contribution in [3.05, 3.63) is 48.6 Å². The number of hydrogen-bond donors (Lipinski definition) is 1. The van der Waals surface area contributed by atoms with Gasteiger partial charge in [-0.15, -0.1) is 0 Å². The number of carbonyl (C=O) groups is 2. The molecule has 0 aliphatic carbocycles. The maximum Gasteiger partial charge on any atom is 0.338 e. The first kappa shape index (κ1) is 13.0. The summed E-state index contributed by atoms with van der Waals surface area (Å²) in [5.74, 6) is -2.40.